The van der Waals surface area contributed by atoms with Crippen LogP contribution in [0.1, 0.15) is 10.8 Å². The third kappa shape index (κ3) is 2.83. The van der Waals surface area contributed by atoms with Crippen molar-refractivity contribution < 1.29 is 0 Å². The molecule has 0 unspecified atom stereocenters. The number of anilines is 1. The van der Waals surface area contributed by atoms with Crippen LogP contribution in [0.4, 0.5) is 5.13 Å². The molecule has 0 bridgehead atoms. The molecule has 0 amide bonds. The summed E-state index contributed by atoms with van der Waals surface area (Å²) >= 11 is 3.45. The molecule has 3 rings (SSSR count). The number of nitrogens with one attached hydrogen (secondary N) is 1. The van der Waals surface area contributed by atoms with E-state index in [-0.39, 0.29) is 5.56 Å². The van der Waals surface area contributed by atoms with Crippen molar-refractivity contribution in [2.45, 2.75) is 13.5 Å². The summed E-state index contributed by atoms with van der Waals surface area (Å²) in [7, 11) is 0. The average Bonchev–Trinajstić information content (AvgIpc) is 2.85. The molecule has 0 fully saturated rings. The molecule has 3 aromatic rings. The Bertz CT molecular complexity index is 874. The number of fused-ring (bicyclic) bond motifs is 1. The summed E-state index contributed by atoms with van der Waals surface area (Å²) in [5.74, 6) is 0.589. The molecule has 2 heterocycles. The Balaban J connectivity index is 1.99. The number of hydrogen-bond acceptors (Lipinski definition) is 7. The molecule has 7 nitrogen and oxygen atoms in total. The van der Waals surface area contributed by atoms with Crippen molar-refractivity contribution in [2.24, 2.45) is 0 Å². The first kappa shape index (κ1) is 14.2. The number of nitrogens with zero attached hydrogens (tertiary/aromatic N) is 4. The Morgan fingerprint density at radius 1 is 1.43 bits per heavy atom. The van der Waals surface area contributed by atoms with E-state index in [4.69, 9.17) is 5.73 Å². The lowest BCUT2D eigenvalue weighted by atomic mass is 10.2. The summed E-state index contributed by atoms with van der Waals surface area (Å²) in [4.78, 5) is 17.0. The van der Waals surface area contributed by atoms with Crippen LogP contribution in [0, 0.1) is 10.5 Å². The second-order valence-corrected chi connectivity index (χ2v) is 6.67. The normalized spacial score (nSPS) is 11.0. The average molecular weight is 414 g/mol. The van der Waals surface area contributed by atoms with Gasteiger partial charge in [-0.25, -0.2) is 9.66 Å². The predicted octanol–water partition coefficient (Wildman–Crippen LogP) is 1.49. The van der Waals surface area contributed by atoms with Gasteiger partial charge in [-0.1, -0.05) is 11.3 Å². The topological polar surface area (TPSA) is 98.7 Å². The minimum Gasteiger partial charge on any atom is -0.374 e. The van der Waals surface area contributed by atoms with E-state index in [1.165, 1.54) is 16.0 Å². The van der Waals surface area contributed by atoms with E-state index in [9.17, 15) is 4.79 Å². The Kier molecular flexibility index (Phi) is 3.76. The van der Waals surface area contributed by atoms with Crippen LogP contribution in [-0.4, -0.2) is 19.9 Å². The molecule has 0 aliphatic rings. The van der Waals surface area contributed by atoms with E-state index in [1.54, 1.807) is 6.92 Å². The molecule has 1 aromatic carbocycles. The van der Waals surface area contributed by atoms with Gasteiger partial charge in [0.05, 0.1) is 17.4 Å². The predicted molar refractivity (Wildman–Crippen MR) is 90.8 cm³/mol. The molecule has 0 saturated heterocycles. The molecule has 3 N–H and O–H groups in total. The monoisotopic (exact) mass is 414 g/mol. The van der Waals surface area contributed by atoms with Crippen molar-refractivity contribution in [1.82, 2.24) is 19.9 Å². The van der Waals surface area contributed by atoms with E-state index in [0.29, 0.717) is 33.4 Å². The summed E-state index contributed by atoms with van der Waals surface area (Å²) in [5.41, 5.74) is 9.11. The van der Waals surface area contributed by atoms with Gasteiger partial charge < -0.3 is 11.2 Å². The van der Waals surface area contributed by atoms with E-state index < -0.39 is 0 Å². The Hall–Kier alpha value is -1.75. The minimum atomic E-state index is -0.131. The second kappa shape index (κ2) is 5.56. The second-order valence-electron chi connectivity index (χ2n) is 4.33. The quantitative estimate of drug-likeness (QED) is 0.631. The van der Waals surface area contributed by atoms with Crippen molar-refractivity contribution in [3.05, 3.63) is 43.0 Å². The van der Waals surface area contributed by atoms with Crippen LogP contribution in [-0.2, 0) is 6.54 Å². The first-order valence-corrected chi connectivity index (χ1v) is 7.95. The maximum atomic E-state index is 12.5. The molecule has 0 saturated carbocycles. The van der Waals surface area contributed by atoms with Gasteiger partial charge in [0.25, 0.3) is 5.56 Å². The van der Waals surface area contributed by atoms with Gasteiger partial charge in [0.2, 0.25) is 5.13 Å². The largest absolute Gasteiger partial charge is 0.374 e. The zero-order valence-electron chi connectivity index (χ0n) is 11.0. The maximum Gasteiger partial charge on any atom is 0.279 e. The highest BCUT2D eigenvalue weighted by Crippen LogP contribution is 2.13. The summed E-state index contributed by atoms with van der Waals surface area (Å²) in [6, 6.07) is 5.60. The van der Waals surface area contributed by atoms with Gasteiger partial charge in [0, 0.05) is 3.57 Å². The molecule has 0 atom stereocenters. The Morgan fingerprint density at radius 2 is 2.24 bits per heavy atom. The van der Waals surface area contributed by atoms with Crippen LogP contribution in [0.15, 0.2) is 23.0 Å². The highest BCUT2D eigenvalue weighted by atomic mass is 127. The van der Waals surface area contributed by atoms with Gasteiger partial charge in [0.15, 0.2) is 0 Å². The van der Waals surface area contributed by atoms with Crippen molar-refractivity contribution in [3.63, 3.8) is 0 Å². The molecule has 9 heteroatoms. The van der Waals surface area contributed by atoms with Crippen molar-refractivity contribution in [2.75, 3.05) is 11.2 Å². The van der Waals surface area contributed by atoms with Crippen LogP contribution < -0.4 is 16.7 Å². The summed E-state index contributed by atoms with van der Waals surface area (Å²) in [5, 5.41) is 9.34. The molecule has 0 spiro atoms. The smallest absolute Gasteiger partial charge is 0.279 e. The van der Waals surface area contributed by atoms with Gasteiger partial charge in [-0.15, -0.1) is 10.2 Å². The van der Waals surface area contributed by atoms with E-state index in [0.717, 1.165) is 3.57 Å². The fourth-order valence-electron chi connectivity index (χ4n) is 1.94. The third-order valence-corrected chi connectivity index (χ3v) is 4.29. The zero-order chi connectivity index (χ0) is 15.0. The number of nitrogens with two attached hydrogens (primary N) is 1. The highest BCUT2D eigenvalue weighted by Gasteiger charge is 2.09. The van der Waals surface area contributed by atoms with Gasteiger partial charge in [-0.2, -0.15) is 0 Å². The number of hydrogen-bond donors (Lipinski definition) is 2. The summed E-state index contributed by atoms with van der Waals surface area (Å²) in [6.07, 6.45) is 0. The molecule has 108 valence electrons. The third-order valence-electron chi connectivity index (χ3n) is 2.87. The lowest BCUT2D eigenvalue weighted by Gasteiger charge is -2.12. The lowest BCUT2D eigenvalue weighted by molar-refractivity contribution is 0.748. The number of halogens is 1. The van der Waals surface area contributed by atoms with Crippen LogP contribution in [0.3, 0.4) is 0 Å². The van der Waals surface area contributed by atoms with E-state index >= 15 is 0 Å². The van der Waals surface area contributed by atoms with Crippen molar-refractivity contribution >= 4 is 50.0 Å². The highest BCUT2D eigenvalue weighted by molar-refractivity contribution is 14.1. The molecule has 0 radical (unpaired) electrons. The van der Waals surface area contributed by atoms with Crippen LogP contribution >= 0.6 is 33.9 Å². The van der Waals surface area contributed by atoms with Crippen molar-refractivity contribution in [1.29, 1.82) is 0 Å². The Morgan fingerprint density at radius 3 is 2.95 bits per heavy atom. The minimum absolute atomic E-state index is 0.131. The van der Waals surface area contributed by atoms with Crippen LogP contribution in [0.5, 0.6) is 0 Å². The zero-order valence-corrected chi connectivity index (χ0v) is 14.0. The molecule has 0 aliphatic heterocycles. The molecule has 0 aliphatic carbocycles. The summed E-state index contributed by atoms with van der Waals surface area (Å²) in [6.45, 7) is 2.15. The number of nitrogen functional groups attached to an aromatic ring is 1. The SMILES string of the molecule is Cc1nc2ccc(I)cc2c(=O)n1NCc1nnc(N)s1. The first-order chi connectivity index (χ1) is 10.0. The van der Waals surface area contributed by atoms with E-state index in [2.05, 4.69) is 43.2 Å². The Labute approximate surface area is 137 Å². The van der Waals surface area contributed by atoms with Gasteiger partial charge >= 0.3 is 0 Å². The maximum absolute atomic E-state index is 12.5. The molecular formula is C12H11IN6OS. The van der Waals surface area contributed by atoms with Gasteiger partial charge in [-0.3, -0.25) is 4.79 Å². The molecular weight excluding hydrogens is 403 g/mol. The van der Waals surface area contributed by atoms with Gasteiger partial charge in [-0.05, 0) is 47.7 Å². The van der Waals surface area contributed by atoms with E-state index in [1.807, 2.05) is 18.2 Å². The molecule has 21 heavy (non-hydrogen) atoms. The summed E-state index contributed by atoms with van der Waals surface area (Å²) < 4.78 is 2.42. The number of aromatic nitrogens is 4. The lowest BCUT2D eigenvalue weighted by Crippen LogP contribution is -2.31. The number of aryl methyl sites for hydroxylation is 1. The van der Waals surface area contributed by atoms with Crippen molar-refractivity contribution in [3.8, 4) is 0 Å². The fraction of sp³-hybridized carbons (Fsp3) is 0.167. The van der Waals surface area contributed by atoms with Crippen LogP contribution in [0.2, 0.25) is 0 Å². The van der Waals surface area contributed by atoms with Crippen LogP contribution in [0.25, 0.3) is 10.9 Å². The standard InChI is InChI=1S/C12H11IN6OS/c1-6-16-9-3-2-7(13)4-8(9)11(20)19(6)15-5-10-17-18-12(14)21-10/h2-4,15H,5H2,1H3,(H2,14,18). The number of rotatable bonds is 3. The molecule has 2 aromatic heterocycles. The first-order valence-electron chi connectivity index (χ1n) is 6.05. The van der Waals surface area contributed by atoms with Gasteiger partial charge in [0.1, 0.15) is 10.8 Å². The fourth-order valence-corrected chi connectivity index (χ4v) is 2.97. The number of benzene rings is 1.